The molecule has 0 aliphatic carbocycles. The smallest absolute Gasteiger partial charge is 0.189 e. The molecule has 0 fully saturated rings. The van der Waals surface area contributed by atoms with Crippen LogP contribution in [0.4, 0.5) is 0 Å². The van der Waals surface area contributed by atoms with Gasteiger partial charge in [0.05, 0.1) is 17.0 Å². The van der Waals surface area contributed by atoms with Crippen molar-refractivity contribution < 1.29 is 4.79 Å². The van der Waals surface area contributed by atoms with E-state index in [0.29, 0.717) is 5.56 Å². The van der Waals surface area contributed by atoms with Crippen LogP contribution >= 0.6 is 0 Å². The van der Waals surface area contributed by atoms with Gasteiger partial charge in [0.25, 0.3) is 0 Å². The summed E-state index contributed by atoms with van der Waals surface area (Å²) in [6.07, 6.45) is 7.06. The van der Waals surface area contributed by atoms with Gasteiger partial charge in [0, 0.05) is 31.5 Å². The summed E-state index contributed by atoms with van der Waals surface area (Å²) >= 11 is 0. The van der Waals surface area contributed by atoms with Gasteiger partial charge < -0.3 is 0 Å². The zero-order chi connectivity index (χ0) is 14.0. The van der Waals surface area contributed by atoms with E-state index in [1.807, 2.05) is 34.0 Å². The second-order valence-electron chi connectivity index (χ2n) is 4.52. The van der Waals surface area contributed by atoms with Crippen molar-refractivity contribution >= 4 is 11.9 Å². The predicted octanol–water partition coefficient (Wildman–Crippen LogP) is 2.15. The molecule has 2 aromatic heterocycles. The molecular formula is C14H18N4O. The average Bonchev–Trinajstić information content (AvgIpc) is 2.89. The number of ketones is 1. The molecule has 0 aliphatic heterocycles. The number of aryl methyl sites for hydroxylation is 4. The van der Waals surface area contributed by atoms with Crippen molar-refractivity contribution in [1.82, 2.24) is 19.6 Å². The summed E-state index contributed by atoms with van der Waals surface area (Å²) in [5, 5.41) is 8.51. The summed E-state index contributed by atoms with van der Waals surface area (Å²) in [5.74, 6) is -0.0274. The zero-order valence-corrected chi connectivity index (χ0v) is 11.7. The number of nitrogens with zero attached hydrogens (tertiary/aromatic N) is 4. The Labute approximate surface area is 112 Å². The highest BCUT2D eigenvalue weighted by atomic mass is 16.1. The molecule has 2 aromatic rings. The van der Waals surface area contributed by atoms with Crippen molar-refractivity contribution in [2.24, 2.45) is 7.05 Å². The largest absolute Gasteiger partial charge is 0.289 e. The molecule has 0 bridgehead atoms. The Bertz CT molecular complexity index is 634. The van der Waals surface area contributed by atoms with Gasteiger partial charge >= 0.3 is 0 Å². The summed E-state index contributed by atoms with van der Waals surface area (Å²) in [4.78, 5) is 12.1. The van der Waals surface area contributed by atoms with E-state index in [1.165, 1.54) is 0 Å². The number of rotatable bonds is 4. The first-order valence-corrected chi connectivity index (χ1v) is 6.28. The standard InChI is InChI=1S/C14H18N4O/c1-5-18-9-13(11(3)16-18)14(19)7-6-12-8-17(4)15-10(12)2/h6-9H,5H2,1-4H3. The molecule has 100 valence electrons. The summed E-state index contributed by atoms with van der Waals surface area (Å²) in [6, 6.07) is 0. The fourth-order valence-corrected chi connectivity index (χ4v) is 1.96. The molecular weight excluding hydrogens is 240 g/mol. The van der Waals surface area contributed by atoms with Crippen LogP contribution < -0.4 is 0 Å². The highest BCUT2D eigenvalue weighted by Gasteiger charge is 2.10. The number of allylic oxidation sites excluding steroid dienone is 1. The van der Waals surface area contributed by atoms with Crippen LogP contribution in [-0.2, 0) is 13.6 Å². The first kappa shape index (κ1) is 13.3. The van der Waals surface area contributed by atoms with Crippen molar-refractivity contribution in [2.45, 2.75) is 27.3 Å². The van der Waals surface area contributed by atoms with E-state index >= 15 is 0 Å². The van der Waals surface area contributed by atoms with E-state index in [0.717, 1.165) is 23.5 Å². The molecule has 0 spiro atoms. The van der Waals surface area contributed by atoms with Gasteiger partial charge in [-0.15, -0.1) is 0 Å². The molecule has 19 heavy (non-hydrogen) atoms. The molecule has 0 N–H and O–H groups in total. The molecule has 2 rings (SSSR count). The van der Waals surface area contributed by atoms with E-state index in [1.54, 1.807) is 27.7 Å². The third-order valence-corrected chi connectivity index (χ3v) is 3.00. The number of hydrogen-bond acceptors (Lipinski definition) is 3. The van der Waals surface area contributed by atoms with E-state index < -0.39 is 0 Å². The fraction of sp³-hybridized carbons (Fsp3) is 0.357. The van der Waals surface area contributed by atoms with Crippen LogP contribution in [0.1, 0.15) is 34.2 Å². The molecule has 2 heterocycles. The molecule has 0 unspecified atom stereocenters. The van der Waals surface area contributed by atoms with Crippen LogP contribution in [0, 0.1) is 13.8 Å². The van der Waals surface area contributed by atoms with Crippen molar-refractivity contribution in [1.29, 1.82) is 0 Å². The molecule has 0 radical (unpaired) electrons. The minimum absolute atomic E-state index is 0.0274. The first-order valence-electron chi connectivity index (χ1n) is 6.28. The van der Waals surface area contributed by atoms with Gasteiger partial charge in [-0.1, -0.05) is 0 Å². The number of carbonyl (C=O) groups is 1. The van der Waals surface area contributed by atoms with Crippen molar-refractivity contribution in [2.75, 3.05) is 0 Å². The Balaban J connectivity index is 2.21. The molecule has 5 heteroatoms. The molecule has 0 atom stereocenters. The minimum Gasteiger partial charge on any atom is -0.289 e. The summed E-state index contributed by atoms with van der Waals surface area (Å²) in [5.41, 5.74) is 3.28. The molecule has 0 amide bonds. The lowest BCUT2D eigenvalue weighted by atomic mass is 10.1. The molecule has 0 saturated heterocycles. The lowest BCUT2D eigenvalue weighted by Gasteiger charge is -1.91. The van der Waals surface area contributed by atoms with E-state index in [-0.39, 0.29) is 5.78 Å². The van der Waals surface area contributed by atoms with Gasteiger partial charge in [0.1, 0.15) is 0 Å². The van der Waals surface area contributed by atoms with Gasteiger partial charge in [-0.25, -0.2) is 0 Å². The Morgan fingerprint density at radius 1 is 1.26 bits per heavy atom. The van der Waals surface area contributed by atoms with Crippen molar-refractivity contribution in [3.8, 4) is 0 Å². The van der Waals surface area contributed by atoms with E-state index in [9.17, 15) is 4.79 Å². The van der Waals surface area contributed by atoms with Crippen molar-refractivity contribution in [3.05, 3.63) is 41.0 Å². The normalized spacial score (nSPS) is 11.4. The second kappa shape index (κ2) is 5.22. The molecule has 0 saturated carbocycles. The maximum absolute atomic E-state index is 12.1. The van der Waals surface area contributed by atoms with Gasteiger partial charge in [0.2, 0.25) is 0 Å². The number of hydrogen-bond donors (Lipinski definition) is 0. The summed E-state index contributed by atoms with van der Waals surface area (Å²) < 4.78 is 3.51. The van der Waals surface area contributed by atoms with Gasteiger partial charge in [0.15, 0.2) is 5.78 Å². The van der Waals surface area contributed by atoms with Crippen LogP contribution in [-0.4, -0.2) is 25.3 Å². The Kier molecular flexibility index (Phi) is 3.64. The summed E-state index contributed by atoms with van der Waals surface area (Å²) in [7, 11) is 1.86. The Hall–Kier alpha value is -2.17. The minimum atomic E-state index is -0.0274. The fourth-order valence-electron chi connectivity index (χ4n) is 1.96. The molecule has 5 nitrogen and oxygen atoms in total. The van der Waals surface area contributed by atoms with Gasteiger partial charge in [-0.05, 0) is 32.9 Å². The number of carbonyl (C=O) groups excluding carboxylic acids is 1. The topological polar surface area (TPSA) is 52.7 Å². The van der Waals surface area contributed by atoms with E-state index in [2.05, 4.69) is 10.2 Å². The summed E-state index contributed by atoms with van der Waals surface area (Å²) in [6.45, 7) is 6.53. The van der Waals surface area contributed by atoms with Crippen LogP contribution in [0.3, 0.4) is 0 Å². The van der Waals surface area contributed by atoms with Crippen LogP contribution in [0.5, 0.6) is 0 Å². The highest BCUT2D eigenvalue weighted by molar-refractivity contribution is 6.07. The lowest BCUT2D eigenvalue weighted by Crippen LogP contribution is -1.95. The average molecular weight is 258 g/mol. The van der Waals surface area contributed by atoms with Crippen LogP contribution in [0.25, 0.3) is 6.08 Å². The first-order chi connectivity index (χ1) is 9.01. The third kappa shape index (κ3) is 2.81. The van der Waals surface area contributed by atoms with Gasteiger partial charge in [-0.2, -0.15) is 10.2 Å². The maximum Gasteiger partial charge on any atom is 0.189 e. The Morgan fingerprint density at radius 3 is 2.53 bits per heavy atom. The zero-order valence-electron chi connectivity index (χ0n) is 11.7. The third-order valence-electron chi connectivity index (χ3n) is 3.00. The van der Waals surface area contributed by atoms with Crippen LogP contribution in [0.15, 0.2) is 18.5 Å². The second-order valence-corrected chi connectivity index (χ2v) is 4.52. The number of aromatic nitrogens is 4. The highest BCUT2D eigenvalue weighted by Crippen LogP contribution is 2.11. The maximum atomic E-state index is 12.1. The lowest BCUT2D eigenvalue weighted by molar-refractivity contribution is 0.104. The quantitative estimate of drug-likeness (QED) is 0.623. The molecule has 0 aromatic carbocycles. The van der Waals surface area contributed by atoms with Gasteiger partial charge in [-0.3, -0.25) is 14.2 Å². The molecule has 0 aliphatic rings. The predicted molar refractivity (Wildman–Crippen MR) is 73.9 cm³/mol. The van der Waals surface area contributed by atoms with Crippen LogP contribution in [0.2, 0.25) is 0 Å². The SMILES string of the molecule is CCn1cc(C(=O)C=Cc2cn(C)nc2C)c(C)n1. The van der Waals surface area contributed by atoms with E-state index in [4.69, 9.17) is 0 Å². The van der Waals surface area contributed by atoms with Crippen molar-refractivity contribution in [3.63, 3.8) is 0 Å². The Morgan fingerprint density at radius 2 is 2.00 bits per heavy atom. The monoisotopic (exact) mass is 258 g/mol.